The van der Waals surface area contributed by atoms with Gasteiger partial charge in [-0.25, -0.2) is 8.42 Å². The van der Waals surface area contributed by atoms with E-state index in [0.717, 1.165) is 5.56 Å². The van der Waals surface area contributed by atoms with Crippen molar-refractivity contribution in [1.29, 1.82) is 0 Å². The summed E-state index contributed by atoms with van der Waals surface area (Å²) >= 11 is 6.09. The topological polar surface area (TPSA) is 63.4 Å². The van der Waals surface area contributed by atoms with Crippen molar-refractivity contribution in [3.8, 4) is 0 Å². The second kappa shape index (κ2) is 7.17. The van der Waals surface area contributed by atoms with E-state index in [-0.39, 0.29) is 11.4 Å². The molecule has 3 rings (SSSR count). The Kier molecular flexibility index (Phi) is 4.97. The smallest absolute Gasteiger partial charge is 0.264 e. The molecule has 2 N–H and O–H groups in total. The molecule has 0 aliphatic carbocycles. The minimum Gasteiger partial charge on any atom is -0.399 e. The lowest BCUT2D eigenvalue weighted by Crippen LogP contribution is -2.30. The highest BCUT2D eigenvalue weighted by molar-refractivity contribution is 7.92. The van der Waals surface area contributed by atoms with Crippen molar-refractivity contribution in [2.75, 3.05) is 10.0 Å². The van der Waals surface area contributed by atoms with Crippen molar-refractivity contribution in [3.05, 3.63) is 89.4 Å². The highest BCUT2D eigenvalue weighted by Gasteiger charge is 2.25. The van der Waals surface area contributed by atoms with Gasteiger partial charge in [0.15, 0.2) is 0 Å². The van der Waals surface area contributed by atoms with E-state index in [9.17, 15) is 8.42 Å². The second-order valence-electron chi connectivity index (χ2n) is 5.55. The second-order valence-corrected chi connectivity index (χ2v) is 7.85. The molecule has 3 aromatic carbocycles. The van der Waals surface area contributed by atoms with Crippen LogP contribution in [0.15, 0.2) is 83.8 Å². The number of halogens is 1. The van der Waals surface area contributed by atoms with E-state index in [1.807, 2.05) is 30.3 Å². The third kappa shape index (κ3) is 3.95. The summed E-state index contributed by atoms with van der Waals surface area (Å²) in [5.74, 6) is 0. The molecule has 128 valence electrons. The Morgan fingerprint density at radius 3 is 2.08 bits per heavy atom. The number of nitrogens with two attached hydrogens (primary N) is 1. The van der Waals surface area contributed by atoms with Crippen LogP contribution in [-0.2, 0) is 16.6 Å². The van der Waals surface area contributed by atoms with Gasteiger partial charge in [-0.05, 0) is 35.9 Å². The maximum atomic E-state index is 13.2. The van der Waals surface area contributed by atoms with E-state index < -0.39 is 10.0 Å². The number of hydrogen-bond donors (Lipinski definition) is 1. The quantitative estimate of drug-likeness (QED) is 0.678. The molecule has 25 heavy (non-hydrogen) atoms. The van der Waals surface area contributed by atoms with E-state index in [4.69, 9.17) is 17.3 Å². The Hall–Kier alpha value is -2.50. The molecule has 0 fully saturated rings. The normalized spacial score (nSPS) is 11.2. The van der Waals surface area contributed by atoms with Gasteiger partial charge in [-0.3, -0.25) is 4.31 Å². The number of hydrogen-bond acceptors (Lipinski definition) is 3. The van der Waals surface area contributed by atoms with E-state index in [1.54, 1.807) is 48.5 Å². The highest BCUT2D eigenvalue weighted by atomic mass is 35.5. The summed E-state index contributed by atoms with van der Waals surface area (Å²) in [7, 11) is -3.77. The van der Waals surface area contributed by atoms with Gasteiger partial charge in [-0.1, -0.05) is 60.1 Å². The molecule has 0 atom stereocenters. The van der Waals surface area contributed by atoms with Crippen molar-refractivity contribution in [1.82, 2.24) is 0 Å². The van der Waals surface area contributed by atoms with Crippen LogP contribution in [0.4, 0.5) is 11.4 Å². The zero-order chi connectivity index (χ0) is 17.9. The molecule has 4 nitrogen and oxygen atoms in total. The first-order chi connectivity index (χ1) is 12.0. The molecule has 0 radical (unpaired) electrons. The Labute approximate surface area is 152 Å². The van der Waals surface area contributed by atoms with Crippen molar-refractivity contribution >= 4 is 33.0 Å². The lowest BCUT2D eigenvalue weighted by atomic mass is 10.2. The van der Waals surface area contributed by atoms with Gasteiger partial charge in [0.25, 0.3) is 10.0 Å². The molecule has 0 spiro atoms. The van der Waals surface area contributed by atoms with Crippen LogP contribution in [0.3, 0.4) is 0 Å². The predicted molar refractivity (Wildman–Crippen MR) is 102 cm³/mol. The number of sulfonamides is 1. The summed E-state index contributed by atoms with van der Waals surface area (Å²) in [5, 5.41) is 0.385. The van der Waals surface area contributed by atoms with Crippen LogP contribution in [0, 0.1) is 0 Å². The van der Waals surface area contributed by atoms with Gasteiger partial charge < -0.3 is 5.73 Å². The largest absolute Gasteiger partial charge is 0.399 e. The molecule has 0 aliphatic heterocycles. The Bertz CT molecular complexity index is 941. The summed E-state index contributed by atoms with van der Waals surface area (Å²) in [6, 6.07) is 22.5. The average Bonchev–Trinajstić information content (AvgIpc) is 2.60. The van der Waals surface area contributed by atoms with Gasteiger partial charge in [0, 0.05) is 10.7 Å². The SMILES string of the molecule is Nc1cc(Cl)cc(N(Cc2ccccc2)S(=O)(=O)c2ccccc2)c1. The van der Waals surface area contributed by atoms with Crippen molar-refractivity contribution in [2.24, 2.45) is 0 Å². The zero-order valence-corrected chi connectivity index (χ0v) is 14.9. The van der Waals surface area contributed by atoms with Gasteiger partial charge in [0.05, 0.1) is 17.1 Å². The summed E-state index contributed by atoms with van der Waals surface area (Å²) in [6.07, 6.45) is 0. The highest BCUT2D eigenvalue weighted by Crippen LogP contribution is 2.30. The maximum Gasteiger partial charge on any atom is 0.264 e. The standard InChI is InChI=1S/C19H17ClN2O2S/c20-16-11-17(21)13-18(12-16)22(14-15-7-3-1-4-8-15)25(23,24)19-9-5-2-6-10-19/h1-13H,14,21H2. The summed E-state index contributed by atoms with van der Waals surface area (Å²) < 4.78 is 27.7. The third-order valence-electron chi connectivity index (χ3n) is 3.69. The number of nitrogens with zero attached hydrogens (tertiary/aromatic N) is 1. The third-order valence-corrected chi connectivity index (χ3v) is 5.70. The van der Waals surface area contributed by atoms with Gasteiger partial charge in [0.2, 0.25) is 0 Å². The van der Waals surface area contributed by atoms with Crippen molar-refractivity contribution in [2.45, 2.75) is 11.4 Å². The van der Waals surface area contributed by atoms with Crippen LogP contribution in [0.5, 0.6) is 0 Å². The number of nitrogen functional groups attached to an aromatic ring is 1. The van der Waals surface area contributed by atoms with Crippen molar-refractivity contribution in [3.63, 3.8) is 0 Å². The van der Waals surface area contributed by atoms with Crippen LogP contribution < -0.4 is 10.0 Å². The minimum atomic E-state index is -3.77. The number of benzene rings is 3. The van der Waals surface area contributed by atoms with E-state index >= 15 is 0 Å². The summed E-state index contributed by atoms with van der Waals surface area (Å²) in [4.78, 5) is 0.212. The Balaban J connectivity index is 2.12. The molecule has 0 saturated heterocycles. The zero-order valence-electron chi connectivity index (χ0n) is 13.3. The van der Waals surface area contributed by atoms with Crippen LogP contribution >= 0.6 is 11.6 Å². The van der Waals surface area contributed by atoms with E-state index in [2.05, 4.69) is 0 Å². The molecule has 0 aromatic heterocycles. The Morgan fingerprint density at radius 1 is 0.880 bits per heavy atom. The van der Waals surface area contributed by atoms with E-state index in [0.29, 0.717) is 16.4 Å². The lowest BCUT2D eigenvalue weighted by Gasteiger charge is -2.25. The monoisotopic (exact) mass is 372 g/mol. The van der Waals surface area contributed by atoms with Crippen LogP contribution in [0.2, 0.25) is 5.02 Å². The lowest BCUT2D eigenvalue weighted by molar-refractivity contribution is 0.590. The number of anilines is 2. The molecular weight excluding hydrogens is 356 g/mol. The molecular formula is C19H17ClN2O2S. The molecule has 0 amide bonds. The van der Waals surface area contributed by atoms with Crippen LogP contribution in [-0.4, -0.2) is 8.42 Å². The molecule has 0 bridgehead atoms. The molecule has 0 unspecified atom stereocenters. The molecule has 0 saturated carbocycles. The van der Waals surface area contributed by atoms with Gasteiger partial charge in [-0.2, -0.15) is 0 Å². The van der Waals surface area contributed by atoms with Crippen molar-refractivity contribution < 1.29 is 8.42 Å². The molecule has 0 aliphatic rings. The van der Waals surface area contributed by atoms with Gasteiger partial charge in [-0.15, -0.1) is 0 Å². The minimum absolute atomic E-state index is 0.178. The fraction of sp³-hybridized carbons (Fsp3) is 0.0526. The van der Waals surface area contributed by atoms with E-state index in [1.165, 1.54) is 4.31 Å². The first kappa shape index (κ1) is 17.3. The van der Waals surface area contributed by atoms with Gasteiger partial charge in [0.1, 0.15) is 0 Å². The Morgan fingerprint density at radius 2 is 1.48 bits per heavy atom. The molecule has 0 heterocycles. The summed E-state index contributed by atoms with van der Waals surface area (Å²) in [6.45, 7) is 0.178. The first-order valence-electron chi connectivity index (χ1n) is 7.64. The fourth-order valence-electron chi connectivity index (χ4n) is 2.52. The first-order valence-corrected chi connectivity index (χ1v) is 9.46. The average molecular weight is 373 g/mol. The molecule has 3 aromatic rings. The fourth-order valence-corrected chi connectivity index (χ4v) is 4.22. The predicted octanol–water partition coefficient (Wildman–Crippen LogP) is 4.32. The van der Waals surface area contributed by atoms with Crippen LogP contribution in [0.25, 0.3) is 0 Å². The van der Waals surface area contributed by atoms with Gasteiger partial charge >= 0.3 is 0 Å². The summed E-state index contributed by atoms with van der Waals surface area (Å²) in [5.41, 5.74) is 7.56. The maximum absolute atomic E-state index is 13.2. The van der Waals surface area contributed by atoms with Crippen LogP contribution in [0.1, 0.15) is 5.56 Å². The molecule has 6 heteroatoms. The number of rotatable bonds is 5.